The van der Waals surface area contributed by atoms with E-state index < -0.39 is 0 Å². The predicted molar refractivity (Wildman–Crippen MR) is 131 cm³/mol. The Bertz CT molecular complexity index is 849. The zero-order valence-corrected chi connectivity index (χ0v) is 19.1. The van der Waals surface area contributed by atoms with E-state index in [0.717, 1.165) is 11.1 Å². The lowest BCUT2D eigenvalue weighted by atomic mass is 9.78. The molecule has 176 valence electrons. The summed E-state index contributed by atoms with van der Waals surface area (Å²) in [5.41, 5.74) is 3.30. The number of hydrogen-bond acceptors (Lipinski definition) is 4. The van der Waals surface area contributed by atoms with E-state index in [1.165, 1.54) is 12.5 Å². The first-order valence-electron chi connectivity index (χ1n) is 10.6. The van der Waals surface area contributed by atoms with Crippen LogP contribution >= 0.6 is 0 Å². The summed E-state index contributed by atoms with van der Waals surface area (Å²) in [4.78, 5) is 23.9. The number of carbonyl (C=O) groups is 2. The van der Waals surface area contributed by atoms with Crippen LogP contribution in [0.25, 0.3) is 0 Å². The number of benzene rings is 2. The summed E-state index contributed by atoms with van der Waals surface area (Å²) in [5.74, 6) is 0. The number of anilines is 2. The van der Waals surface area contributed by atoms with Crippen LogP contribution in [0.2, 0.25) is 0 Å². The smallest absolute Gasteiger partial charge is 0.319 e. The monoisotopic (exact) mass is 452 g/mol. The predicted octanol–water partition coefficient (Wildman–Crippen LogP) is 4.58. The molecule has 2 aromatic carbocycles. The van der Waals surface area contributed by atoms with Gasteiger partial charge in [0.25, 0.3) is 0 Å². The largest absolute Gasteiger partial charge is 0.500 e. The highest BCUT2D eigenvalue weighted by atomic mass is 16.5. The maximum absolute atomic E-state index is 11.9. The third-order valence-corrected chi connectivity index (χ3v) is 4.98. The Kier molecular flexibility index (Phi) is 9.82. The lowest BCUT2D eigenvalue weighted by molar-refractivity contribution is 0.234. The van der Waals surface area contributed by atoms with Gasteiger partial charge < -0.3 is 30.7 Å². The van der Waals surface area contributed by atoms with E-state index in [-0.39, 0.29) is 17.5 Å². The van der Waals surface area contributed by atoms with Crippen LogP contribution in [0.5, 0.6) is 0 Å². The minimum atomic E-state index is -0.296. The van der Waals surface area contributed by atoms with E-state index in [1.807, 2.05) is 48.5 Å². The topological polar surface area (TPSA) is 101 Å². The Morgan fingerprint density at radius 3 is 1.45 bits per heavy atom. The van der Waals surface area contributed by atoms with Crippen molar-refractivity contribution >= 4 is 23.4 Å². The van der Waals surface area contributed by atoms with E-state index in [1.54, 1.807) is 0 Å². The maximum Gasteiger partial charge on any atom is 0.319 e. The second-order valence-corrected chi connectivity index (χ2v) is 7.62. The number of hydrogen-bond donors (Lipinski definition) is 4. The third kappa shape index (κ3) is 8.25. The van der Waals surface area contributed by atoms with E-state index in [9.17, 15) is 9.59 Å². The summed E-state index contributed by atoms with van der Waals surface area (Å²) in [5, 5.41) is 11.0. The normalized spacial score (nSPS) is 10.5. The molecule has 0 aromatic heterocycles. The lowest BCUT2D eigenvalue weighted by Crippen LogP contribution is -2.31. The van der Waals surface area contributed by atoms with Gasteiger partial charge >= 0.3 is 12.1 Å². The van der Waals surface area contributed by atoms with Crippen LogP contribution in [0, 0.1) is 0 Å². The molecule has 0 unspecified atom stereocenters. The van der Waals surface area contributed by atoms with Crippen LogP contribution in [-0.2, 0) is 14.9 Å². The van der Waals surface area contributed by atoms with Crippen molar-refractivity contribution in [1.29, 1.82) is 0 Å². The Balaban J connectivity index is 1.93. The number of ether oxygens (including phenoxy) is 2. The first-order valence-corrected chi connectivity index (χ1v) is 10.6. The van der Waals surface area contributed by atoms with Crippen LogP contribution < -0.4 is 21.3 Å². The van der Waals surface area contributed by atoms with E-state index in [4.69, 9.17) is 9.47 Å². The van der Waals surface area contributed by atoms with Gasteiger partial charge in [0.2, 0.25) is 0 Å². The van der Waals surface area contributed by atoms with Crippen LogP contribution in [-0.4, -0.2) is 38.4 Å². The molecule has 0 aliphatic carbocycles. The number of nitrogens with one attached hydrogen (secondary N) is 4. The minimum absolute atomic E-state index is 0.272. The molecule has 0 fully saturated rings. The van der Waals surface area contributed by atoms with Crippen LogP contribution in [0.15, 0.2) is 74.2 Å². The Morgan fingerprint density at radius 1 is 0.758 bits per heavy atom. The van der Waals surface area contributed by atoms with Crippen LogP contribution in [0.1, 0.15) is 25.0 Å². The van der Waals surface area contributed by atoms with Gasteiger partial charge in [0.15, 0.2) is 0 Å². The quantitative estimate of drug-likeness (QED) is 0.280. The molecule has 4 amide bonds. The van der Waals surface area contributed by atoms with Crippen molar-refractivity contribution in [3.05, 3.63) is 85.3 Å². The van der Waals surface area contributed by atoms with E-state index >= 15 is 0 Å². The summed E-state index contributed by atoms with van der Waals surface area (Å²) < 4.78 is 9.94. The molecule has 0 spiro atoms. The van der Waals surface area contributed by atoms with Gasteiger partial charge in [-0.3, -0.25) is 0 Å². The molecule has 8 heteroatoms. The zero-order valence-electron chi connectivity index (χ0n) is 19.1. The molecule has 2 rings (SSSR count). The fourth-order valence-electron chi connectivity index (χ4n) is 3.07. The van der Waals surface area contributed by atoms with Gasteiger partial charge in [-0.25, -0.2) is 9.59 Å². The van der Waals surface area contributed by atoms with Crippen LogP contribution in [0.3, 0.4) is 0 Å². The third-order valence-electron chi connectivity index (χ3n) is 4.98. The maximum atomic E-state index is 11.9. The number of carbonyl (C=O) groups excluding carboxylic acids is 2. The molecule has 8 nitrogen and oxygen atoms in total. The fraction of sp³-hybridized carbons (Fsp3) is 0.280. The standard InChI is InChI=1S/C25H32N4O4/c1-5-32-17-15-26-23(30)28-21-11-7-19(8-12-21)25(3,4)20-9-13-22(14-10-20)29-24(31)27-16-18-33-6-2/h5-14H,1-2,15-18H2,3-4H3,(H2,26,28,30)(H2,27,29,31). The highest BCUT2D eigenvalue weighted by Gasteiger charge is 2.23. The molecular weight excluding hydrogens is 420 g/mol. The van der Waals surface area contributed by atoms with Crippen molar-refractivity contribution in [1.82, 2.24) is 10.6 Å². The molecule has 0 heterocycles. The van der Waals surface area contributed by atoms with Crippen molar-refractivity contribution in [3.8, 4) is 0 Å². The summed E-state index contributed by atoms with van der Waals surface area (Å²) in [7, 11) is 0. The van der Waals surface area contributed by atoms with Crippen molar-refractivity contribution in [2.45, 2.75) is 19.3 Å². The molecule has 33 heavy (non-hydrogen) atoms. The second-order valence-electron chi connectivity index (χ2n) is 7.62. The molecule has 2 aromatic rings. The van der Waals surface area contributed by atoms with Gasteiger partial charge in [0.05, 0.1) is 25.6 Å². The summed E-state index contributed by atoms with van der Waals surface area (Å²) in [6.07, 6.45) is 2.67. The van der Waals surface area contributed by atoms with E-state index in [0.29, 0.717) is 37.7 Å². The van der Waals surface area contributed by atoms with Gasteiger partial charge in [-0.2, -0.15) is 0 Å². The van der Waals surface area contributed by atoms with Gasteiger partial charge in [-0.15, -0.1) is 0 Å². The van der Waals surface area contributed by atoms with Crippen molar-refractivity contribution in [2.24, 2.45) is 0 Å². The first kappa shape index (κ1) is 25.3. The lowest BCUT2D eigenvalue weighted by Gasteiger charge is -2.26. The molecule has 0 atom stereocenters. The van der Waals surface area contributed by atoms with Gasteiger partial charge in [-0.1, -0.05) is 51.3 Å². The van der Waals surface area contributed by atoms with Crippen molar-refractivity contribution < 1.29 is 19.1 Å². The van der Waals surface area contributed by atoms with Gasteiger partial charge in [0, 0.05) is 16.8 Å². The molecule has 4 N–H and O–H groups in total. The highest BCUT2D eigenvalue weighted by Crippen LogP contribution is 2.32. The van der Waals surface area contributed by atoms with Gasteiger partial charge in [-0.05, 0) is 35.4 Å². The molecule has 0 bridgehead atoms. The SMILES string of the molecule is C=COCCNC(=O)Nc1ccc(C(C)(C)c2ccc(NC(=O)NCCOC=C)cc2)cc1. The summed E-state index contributed by atoms with van der Waals surface area (Å²) in [6.45, 7) is 12.7. The summed E-state index contributed by atoms with van der Waals surface area (Å²) in [6, 6.07) is 14.8. The zero-order chi connectivity index (χ0) is 24.1. The van der Waals surface area contributed by atoms with E-state index in [2.05, 4.69) is 48.3 Å². The van der Waals surface area contributed by atoms with Gasteiger partial charge in [0.1, 0.15) is 13.2 Å². The number of rotatable bonds is 12. The Hall–Kier alpha value is -3.94. The fourth-order valence-corrected chi connectivity index (χ4v) is 3.07. The number of urea groups is 2. The van der Waals surface area contributed by atoms with Crippen molar-refractivity contribution in [3.63, 3.8) is 0 Å². The van der Waals surface area contributed by atoms with Crippen LogP contribution in [0.4, 0.5) is 21.0 Å². The average Bonchev–Trinajstić information content (AvgIpc) is 2.80. The first-order chi connectivity index (χ1) is 15.9. The highest BCUT2D eigenvalue weighted by molar-refractivity contribution is 5.89. The molecule has 0 aliphatic rings. The minimum Gasteiger partial charge on any atom is -0.500 e. The second kappa shape index (κ2) is 12.8. The molecule has 0 saturated carbocycles. The Morgan fingerprint density at radius 2 is 1.12 bits per heavy atom. The van der Waals surface area contributed by atoms with Crippen molar-refractivity contribution in [2.75, 3.05) is 36.9 Å². The number of amides is 4. The molecule has 0 saturated heterocycles. The molecule has 0 aliphatic heterocycles. The summed E-state index contributed by atoms with van der Waals surface area (Å²) >= 11 is 0. The molecular formula is C25H32N4O4. The average molecular weight is 453 g/mol. The molecule has 0 radical (unpaired) electrons. The Labute approximate surface area is 195 Å².